The molecule has 0 N–H and O–H groups in total. The first-order valence-electron chi connectivity index (χ1n) is 4.34. The van der Waals surface area contributed by atoms with Crippen molar-refractivity contribution in [2.24, 2.45) is 0 Å². The van der Waals surface area contributed by atoms with E-state index < -0.39 is 0 Å². The first-order valence-corrected chi connectivity index (χ1v) is 5.14. The predicted octanol–water partition coefficient (Wildman–Crippen LogP) is 4.22. The summed E-state index contributed by atoms with van der Waals surface area (Å²) < 4.78 is 1.18. The van der Waals surface area contributed by atoms with E-state index in [1.165, 1.54) is 26.4 Å². The van der Waals surface area contributed by atoms with Gasteiger partial charge in [0, 0.05) is 4.47 Å². The molecule has 2 aromatic rings. The van der Waals surface area contributed by atoms with E-state index in [9.17, 15) is 0 Å². The average molecular weight is 235 g/mol. The van der Waals surface area contributed by atoms with Gasteiger partial charge in [-0.2, -0.15) is 0 Å². The van der Waals surface area contributed by atoms with Gasteiger partial charge in [-0.1, -0.05) is 40.2 Å². The molecule has 13 heavy (non-hydrogen) atoms. The predicted molar refractivity (Wildman–Crippen MR) is 61.1 cm³/mol. The molecule has 0 saturated carbocycles. The fraction of sp³-hybridized carbons (Fsp3) is 0.167. The van der Waals surface area contributed by atoms with Crippen LogP contribution in [0.15, 0.2) is 34.8 Å². The molecule has 0 spiro atoms. The maximum Gasteiger partial charge on any atom is 0.0254 e. The lowest BCUT2D eigenvalue weighted by atomic mass is 10.0. The van der Waals surface area contributed by atoms with Crippen LogP contribution in [-0.4, -0.2) is 0 Å². The Morgan fingerprint density at radius 3 is 2.31 bits per heavy atom. The van der Waals surface area contributed by atoms with E-state index in [-0.39, 0.29) is 0 Å². The summed E-state index contributed by atoms with van der Waals surface area (Å²) in [5.74, 6) is 0. The van der Waals surface area contributed by atoms with Gasteiger partial charge in [-0.3, -0.25) is 0 Å². The van der Waals surface area contributed by atoms with Gasteiger partial charge in [0.15, 0.2) is 0 Å². The molecule has 0 atom stereocenters. The van der Waals surface area contributed by atoms with Crippen LogP contribution in [0.1, 0.15) is 11.1 Å². The lowest BCUT2D eigenvalue weighted by Gasteiger charge is -2.06. The molecule has 0 aliphatic carbocycles. The molecule has 0 nitrogen and oxygen atoms in total. The number of benzene rings is 2. The van der Waals surface area contributed by atoms with Crippen LogP contribution >= 0.6 is 15.9 Å². The molecule has 0 saturated heterocycles. The van der Waals surface area contributed by atoms with Gasteiger partial charge in [-0.05, 0) is 41.8 Å². The van der Waals surface area contributed by atoms with Gasteiger partial charge in [0.2, 0.25) is 0 Å². The van der Waals surface area contributed by atoms with E-state index in [0.29, 0.717) is 0 Å². The number of aryl methyl sites for hydroxylation is 2. The number of halogens is 1. The summed E-state index contributed by atoms with van der Waals surface area (Å²) in [5.41, 5.74) is 2.69. The number of hydrogen-bond donors (Lipinski definition) is 0. The molecule has 66 valence electrons. The van der Waals surface area contributed by atoms with Crippen molar-refractivity contribution >= 4 is 26.7 Å². The Hall–Kier alpha value is -0.820. The van der Waals surface area contributed by atoms with E-state index in [1.54, 1.807) is 0 Å². The van der Waals surface area contributed by atoms with Crippen molar-refractivity contribution in [3.8, 4) is 0 Å². The van der Waals surface area contributed by atoms with Crippen LogP contribution < -0.4 is 0 Å². The quantitative estimate of drug-likeness (QED) is 0.641. The zero-order chi connectivity index (χ0) is 9.42. The molecule has 0 amide bonds. The lowest BCUT2D eigenvalue weighted by Crippen LogP contribution is -1.83. The Morgan fingerprint density at radius 1 is 0.923 bits per heavy atom. The second kappa shape index (κ2) is 3.15. The Morgan fingerprint density at radius 2 is 1.62 bits per heavy atom. The number of hydrogen-bond acceptors (Lipinski definition) is 0. The first-order chi connectivity index (χ1) is 6.20. The molecule has 0 radical (unpaired) electrons. The molecule has 0 heterocycles. The molecule has 2 rings (SSSR count). The Balaban J connectivity index is 3.00. The summed E-state index contributed by atoms with van der Waals surface area (Å²) in [6.45, 7) is 4.31. The maximum absolute atomic E-state index is 3.57. The van der Waals surface area contributed by atoms with E-state index in [2.05, 4.69) is 60.1 Å². The van der Waals surface area contributed by atoms with Gasteiger partial charge in [0.25, 0.3) is 0 Å². The second-order valence-electron chi connectivity index (χ2n) is 3.36. The van der Waals surface area contributed by atoms with Crippen LogP contribution in [0, 0.1) is 13.8 Å². The van der Waals surface area contributed by atoms with Gasteiger partial charge in [-0.15, -0.1) is 0 Å². The van der Waals surface area contributed by atoms with Crippen molar-refractivity contribution < 1.29 is 0 Å². The summed E-state index contributed by atoms with van der Waals surface area (Å²) in [6.07, 6.45) is 0. The third kappa shape index (κ3) is 1.37. The van der Waals surface area contributed by atoms with Crippen LogP contribution in [0.5, 0.6) is 0 Å². The Labute approximate surface area is 86.7 Å². The van der Waals surface area contributed by atoms with Crippen LogP contribution in [-0.2, 0) is 0 Å². The SMILES string of the molecule is Cc1cccc2c(Br)ccc(C)c12. The zero-order valence-corrected chi connectivity index (χ0v) is 9.35. The average Bonchev–Trinajstić information content (AvgIpc) is 2.12. The summed E-state index contributed by atoms with van der Waals surface area (Å²) in [4.78, 5) is 0. The highest BCUT2D eigenvalue weighted by atomic mass is 79.9. The van der Waals surface area contributed by atoms with Gasteiger partial charge in [-0.25, -0.2) is 0 Å². The smallest absolute Gasteiger partial charge is 0.0254 e. The Kier molecular flexibility index (Phi) is 2.12. The van der Waals surface area contributed by atoms with E-state index in [1.807, 2.05) is 0 Å². The van der Waals surface area contributed by atoms with Crippen molar-refractivity contribution in [1.82, 2.24) is 0 Å². The minimum absolute atomic E-state index is 1.18. The molecule has 0 aliphatic heterocycles. The Bertz CT molecular complexity index is 450. The van der Waals surface area contributed by atoms with Crippen molar-refractivity contribution in [3.05, 3.63) is 45.9 Å². The van der Waals surface area contributed by atoms with Crippen LogP contribution in [0.2, 0.25) is 0 Å². The van der Waals surface area contributed by atoms with Crippen molar-refractivity contribution in [2.45, 2.75) is 13.8 Å². The van der Waals surface area contributed by atoms with Gasteiger partial charge in [0.1, 0.15) is 0 Å². The molecule has 0 aliphatic rings. The summed E-state index contributed by atoms with van der Waals surface area (Å²) in [5, 5.41) is 2.68. The lowest BCUT2D eigenvalue weighted by molar-refractivity contribution is 1.45. The van der Waals surface area contributed by atoms with Crippen LogP contribution in [0.25, 0.3) is 10.8 Å². The minimum atomic E-state index is 1.18. The van der Waals surface area contributed by atoms with Gasteiger partial charge < -0.3 is 0 Å². The normalized spacial score (nSPS) is 10.7. The second-order valence-corrected chi connectivity index (χ2v) is 4.22. The first kappa shape index (κ1) is 8.76. The molecule has 1 heteroatoms. The third-order valence-corrected chi connectivity index (χ3v) is 3.10. The molecule has 0 fully saturated rings. The monoisotopic (exact) mass is 234 g/mol. The van der Waals surface area contributed by atoms with Gasteiger partial charge in [0.05, 0.1) is 0 Å². The standard InChI is InChI=1S/C12H11Br/c1-8-4-3-5-10-11(13)7-6-9(2)12(8)10/h3-7H,1-2H3. The summed E-state index contributed by atoms with van der Waals surface area (Å²) >= 11 is 3.57. The molecule has 2 aromatic carbocycles. The minimum Gasteiger partial charge on any atom is -0.0613 e. The fourth-order valence-corrected chi connectivity index (χ4v) is 2.22. The molecular formula is C12H11Br. The highest BCUT2D eigenvalue weighted by Crippen LogP contribution is 2.28. The molecular weight excluding hydrogens is 224 g/mol. The van der Waals surface area contributed by atoms with Crippen molar-refractivity contribution in [2.75, 3.05) is 0 Å². The van der Waals surface area contributed by atoms with E-state index in [4.69, 9.17) is 0 Å². The zero-order valence-electron chi connectivity index (χ0n) is 7.76. The van der Waals surface area contributed by atoms with E-state index >= 15 is 0 Å². The third-order valence-electron chi connectivity index (χ3n) is 2.40. The maximum atomic E-state index is 3.57. The van der Waals surface area contributed by atoms with Crippen molar-refractivity contribution in [3.63, 3.8) is 0 Å². The molecule has 0 aromatic heterocycles. The van der Waals surface area contributed by atoms with Gasteiger partial charge >= 0.3 is 0 Å². The van der Waals surface area contributed by atoms with Crippen LogP contribution in [0.3, 0.4) is 0 Å². The highest BCUT2D eigenvalue weighted by molar-refractivity contribution is 9.10. The fourth-order valence-electron chi connectivity index (χ4n) is 1.76. The number of fused-ring (bicyclic) bond motifs is 1. The largest absolute Gasteiger partial charge is 0.0613 e. The summed E-state index contributed by atoms with van der Waals surface area (Å²) in [6, 6.07) is 10.7. The number of rotatable bonds is 0. The summed E-state index contributed by atoms with van der Waals surface area (Å²) in [7, 11) is 0. The van der Waals surface area contributed by atoms with E-state index in [0.717, 1.165) is 0 Å². The topological polar surface area (TPSA) is 0 Å². The molecule has 0 unspecified atom stereocenters. The van der Waals surface area contributed by atoms with Crippen molar-refractivity contribution in [1.29, 1.82) is 0 Å². The van der Waals surface area contributed by atoms with Crippen LogP contribution in [0.4, 0.5) is 0 Å². The highest BCUT2D eigenvalue weighted by Gasteiger charge is 2.02. The molecule has 0 bridgehead atoms.